The van der Waals surface area contributed by atoms with E-state index in [0.29, 0.717) is 33.0 Å². The zero-order valence-electron chi connectivity index (χ0n) is 22.8. The van der Waals surface area contributed by atoms with Crippen LogP contribution < -0.4 is 9.64 Å². The van der Waals surface area contributed by atoms with E-state index in [1.807, 2.05) is 73.0 Å². The van der Waals surface area contributed by atoms with Gasteiger partial charge < -0.3 is 9.84 Å². The van der Waals surface area contributed by atoms with Gasteiger partial charge in [0.05, 0.1) is 5.57 Å². The largest absolute Gasteiger partial charge is 0.507 e. The molecule has 7 nitrogen and oxygen atoms in total. The number of rotatable bonds is 9. The van der Waals surface area contributed by atoms with Crippen molar-refractivity contribution >= 4 is 68.6 Å². The third-order valence-corrected chi connectivity index (χ3v) is 10.3. The normalized spacial score (nSPS) is 16.1. The van der Waals surface area contributed by atoms with E-state index in [0.717, 1.165) is 21.6 Å². The lowest BCUT2D eigenvalue weighted by molar-refractivity contribution is -0.132. The molecule has 1 fully saturated rings. The molecule has 0 radical (unpaired) electrons. The average Bonchev–Trinajstić information content (AvgIpc) is 3.77. The smallest absolute Gasteiger partial charge is 0.301 e. The number of anilines is 1. The van der Waals surface area contributed by atoms with Crippen molar-refractivity contribution in [3.8, 4) is 5.75 Å². The number of halogens is 1. The van der Waals surface area contributed by atoms with Gasteiger partial charge in [0.1, 0.15) is 24.2 Å². The van der Waals surface area contributed by atoms with E-state index in [4.69, 9.17) is 16.3 Å². The van der Waals surface area contributed by atoms with Crippen LogP contribution in [0.3, 0.4) is 0 Å². The number of aryl methyl sites for hydroxylation is 1. The molecule has 216 valence electrons. The van der Waals surface area contributed by atoms with Gasteiger partial charge in [0.2, 0.25) is 5.13 Å². The van der Waals surface area contributed by atoms with Crippen molar-refractivity contribution in [2.75, 3.05) is 4.90 Å². The van der Waals surface area contributed by atoms with Crippen molar-refractivity contribution in [1.82, 2.24) is 10.2 Å². The molecule has 0 spiro atoms. The number of aromatic nitrogens is 2. The highest BCUT2D eigenvalue weighted by molar-refractivity contribution is 8.00. The molecule has 1 unspecified atom stereocenters. The number of amides is 1. The zero-order valence-corrected chi connectivity index (χ0v) is 26.0. The maximum Gasteiger partial charge on any atom is 0.301 e. The van der Waals surface area contributed by atoms with Crippen molar-refractivity contribution in [1.29, 1.82) is 0 Å². The van der Waals surface area contributed by atoms with Crippen molar-refractivity contribution in [2.24, 2.45) is 0 Å². The Bertz CT molecular complexity index is 1820. The van der Waals surface area contributed by atoms with E-state index in [-0.39, 0.29) is 16.5 Å². The van der Waals surface area contributed by atoms with Crippen LogP contribution in [-0.2, 0) is 21.9 Å². The lowest BCUT2D eigenvalue weighted by Crippen LogP contribution is -2.29. The highest BCUT2D eigenvalue weighted by Crippen LogP contribution is 2.45. The van der Waals surface area contributed by atoms with Crippen molar-refractivity contribution in [3.05, 3.63) is 128 Å². The first-order valence-corrected chi connectivity index (χ1v) is 16.3. The monoisotopic (exact) mass is 645 g/mol. The van der Waals surface area contributed by atoms with Crippen molar-refractivity contribution in [3.63, 3.8) is 0 Å². The molecule has 6 rings (SSSR count). The Morgan fingerprint density at radius 3 is 2.44 bits per heavy atom. The van der Waals surface area contributed by atoms with Gasteiger partial charge in [0.15, 0.2) is 4.34 Å². The fourth-order valence-electron chi connectivity index (χ4n) is 4.66. The summed E-state index contributed by atoms with van der Waals surface area (Å²) in [7, 11) is 0. The summed E-state index contributed by atoms with van der Waals surface area (Å²) in [5.74, 6) is -0.618. The van der Waals surface area contributed by atoms with E-state index in [9.17, 15) is 14.7 Å². The van der Waals surface area contributed by atoms with E-state index in [2.05, 4.69) is 10.2 Å². The number of nitrogens with zero attached hydrogens (tertiary/aromatic N) is 3. The maximum atomic E-state index is 13.4. The molecular formula is C32H24ClN3O4S3. The summed E-state index contributed by atoms with van der Waals surface area (Å²) in [4.78, 5) is 28.9. The summed E-state index contributed by atoms with van der Waals surface area (Å²) in [6.07, 6.45) is 0. The average molecular weight is 646 g/mol. The summed E-state index contributed by atoms with van der Waals surface area (Å²) in [5.41, 5.74) is 3.57. The Kier molecular flexibility index (Phi) is 8.62. The number of Topliss-reactive ketones (excluding diaryl/α,β-unsaturated/α-hetero) is 1. The van der Waals surface area contributed by atoms with Gasteiger partial charge in [0, 0.05) is 21.2 Å². The lowest BCUT2D eigenvalue weighted by atomic mass is 10.00. The number of hydrogen-bond donors (Lipinski definition) is 1. The molecule has 1 N–H and O–H groups in total. The molecule has 0 aliphatic carbocycles. The predicted octanol–water partition coefficient (Wildman–Crippen LogP) is 8.06. The van der Waals surface area contributed by atoms with Gasteiger partial charge in [-0.2, -0.15) is 0 Å². The number of carbonyl (C=O) groups is 2. The molecule has 43 heavy (non-hydrogen) atoms. The molecule has 0 saturated carbocycles. The van der Waals surface area contributed by atoms with Crippen LogP contribution in [-0.4, -0.2) is 27.0 Å². The molecule has 3 aromatic carbocycles. The SMILES string of the molecule is Cc1ccccc1COc1ccc(/C(O)=C2\C(=O)C(=O)N(c3nnc(SCc4ccccc4Cl)s3)C2c2cccs2)cc1. The van der Waals surface area contributed by atoms with Crippen LogP contribution in [0.15, 0.2) is 100 Å². The Morgan fingerprint density at radius 1 is 0.977 bits per heavy atom. The second-order valence-corrected chi connectivity index (χ2v) is 13.2. The number of ether oxygens (including phenoxy) is 1. The quantitative estimate of drug-likeness (QED) is 0.0570. The topological polar surface area (TPSA) is 92.6 Å². The first kappa shape index (κ1) is 29.1. The minimum Gasteiger partial charge on any atom is -0.507 e. The second-order valence-electron chi connectivity index (χ2n) is 9.65. The molecule has 1 aliphatic rings. The molecule has 2 aromatic heterocycles. The van der Waals surface area contributed by atoms with Crippen LogP contribution in [0.5, 0.6) is 5.75 Å². The number of ketones is 1. The van der Waals surface area contributed by atoms with Gasteiger partial charge in [0.25, 0.3) is 5.78 Å². The summed E-state index contributed by atoms with van der Waals surface area (Å²) in [6.45, 7) is 2.43. The summed E-state index contributed by atoms with van der Waals surface area (Å²) >= 11 is 10.3. The molecule has 1 saturated heterocycles. The van der Waals surface area contributed by atoms with Gasteiger partial charge in [-0.05, 0) is 65.4 Å². The number of aliphatic hydroxyl groups excluding tert-OH is 1. The molecule has 3 heterocycles. The molecule has 1 atom stereocenters. The molecule has 11 heteroatoms. The summed E-state index contributed by atoms with van der Waals surface area (Å²) in [5, 5.41) is 22.7. The highest BCUT2D eigenvalue weighted by atomic mass is 35.5. The van der Waals surface area contributed by atoms with Crippen LogP contribution in [0.4, 0.5) is 5.13 Å². The number of aliphatic hydroxyl groups is 1. The molecule has 5 aromatic rings. The van der Waals surface area contributed by atoms with Crippen LogP contribution in [0.2, 0.25) is 5.02 Å². The number of carbonyl (C=O) groups excluding carboxylic acids is 2. The van der Waals surface area contributed by atoms with E-state index < -0.39 is 17.7 Å². The summed E-state index contributed by atoms with van der Waals surface area (Å²) < 4.78 is 6.56. The standard InChI is InChI=1S/C32H24ClN3O4S3/c1-19-7-2-3-8-21(19)17-40-23-14-12-20(13-15-23)28(37)26-27(25-11-6-16-41-25)36(30(39)29(26)38)31-34-35-32(43-31)42-18-22-9-4-5-10-24(22)33/h2-16,27,37H,17-18H2,1H3/b28-26+. The van der Waals surface area contributed by atoms with E-state index >= 15 is 0 Å². The summed E-state index contributed by atoms with van der Waals surface area (Å²) in [6, 6.07) is 25.2. The minimum absolute atomic E-state index is 0.00139. The zero-order chi connectivity index (χ0) is 29.9. The van der Waals surface area contributed by atoms with Gasteiger partial charge in [-0.15, -0.1) is 21.5 Å². The highest BCUT2D eigenvalue weighted by Gasteiger charge is 2.48. The predicted molar refractivity (Wildman–Crippen MR) is 172 cm³/mol. The first-order valence-electron chi connectivity index (χ1n) is 13.2. The van der Waals surface area contributed by atoms with Gasteiger partial charge >= 0.3 is 5.91 Å². The minimum atomic E-state index is -0.841. The van der Waals surface area contributed by atoms with E-state index in [1.54, 1.807) is 24.3 Å². The molecule has 0 bridgehead atoms. The maximum absolute atomic E-state index is 13.4. The van der Waals surface area contributed by atoms with Gasteiger partial charge in [-0.3, -0.25) is 14.5 Å². The Morgan fingerprint density at radius 2 is 1.72 bits per heavy atom. The van der Waals surface area contributed by atoms with E-state index in [1.165, 1.54) is 39.3 Å². The van der Waals surface area contributed by atoms with Crippen molar-refractivity contribution < 1.29 is 19.4 Å². The second kappa shape index (κ2) is 12.7. The fraction of sp³-hybridized carbons (Fsp3) is 0.125. The van der Waals surface area contributed by atoms with Crippen molar-refractivity contribution in [2.45, 2.75) is 29.7 Å². The number of thioether (sulfide) groups is 1. The third-order valence-electron chi connectivity index (χ3n) is 6.95. The lowest BCUT2D eigenvalue weighted by Gasteiger charge is -2.20. The van der Waals surface area contributed by atoms with Gasteiger partial charge in [-0.1, -0.05) is 83.2 Å². The van der Waals surface area contributed by atoms with Gasteiger partial charge in [-0.25, -0.2) is 0 Å². The molecular weight excluding hydrogens is 622 g/mol. The molecule has 1 aliphatic heterocycles. The van der Waals surface area contributed by atoms with Crippen LogP contribution in [0, 0.1) is 6.92 Å². The Hall–Kier alpha value is -3.96. The number of hydrogen-bond acceptors (Lipinski definition) is 9. The molecule has 1 amide bonds. The van der Waals surface area contributed by atoms with Crippen LogP contribution in [0.1, 0.15) is 33.2 Å². The number of benzene rings is 3. The Balaban J connectivity index is 1.27. The first-order chi connectivity index (χ1) is 20.9. The van der Waals surface area contributed by atoms with Crippen LogP contribution >= 0.6 is 46.0 Å². The number of thiophene rings is 1. The fourth-order valence-corrected chi connectivity index (χ4v) is 7.63. The third kappa shape index (κ3) is 6.09. The Labute approximate surface area is 265 Å². The van der Waals surface area contributed by atoms with Crippen LogP contribution in [0.25, 0.3) is 5.76 Å².